The van der Waals surface area contributed by atoms with E-state index in [1.807, 2.05) is 18.7 Å². The number of amides is 1. The standard InChI is InChI=1S/C16H24N2O2S2/c1-11-10-21-16(17-11)22-14-6-4-13(5-7-14)18-15(19)12-3-2-8-20-9-12/h10,12-14H,2-9H2,1H3,(H,18,19). The normalized spacial score (nSPS) is 29.2. The zero-order valence-electron chi connectivity index (χ0n) is 13.0. The average molecular weight is 341 g/mol. The van der Waals surface area contributed by atoms with Crippen molar-refractivity contribution in [2.24, 2.45) is 5.92 Å². The lowest BCUT2D eigenvalue weighted by atomic mass is 9.93. The molecule has 0 spiro atoms. The molecule has 1 aliphatic carbocycles. The van der Waals surface area contributed by atoms with Crippen molar-refractivity contribution < 1.29 is 9.53 Å². The summed E-state index contributed by atoms with van der Waals surface area (Å²) in [6, 6.07) is 0.351. The van der Waals surface area contributed by atoms with Crippen LogP contribution in [0.3, 0.4) is 0 Å². The number of thiazole rings is 1. The number of nitrogens with zero attached hydrogens (tertiary/aromatic N) is 1. The lowest BCUT2D eigenvalue weighted by Gasteiger charge is -2.30. The van der Waals surface area contributed by atoms with Crippen molar-refractivity contribution in [1.82, 2.24) is 10.3 Å². The van der Waals surface area contributed by atoms with Gasteiger partial charge in [0.15, 0.2) is 0 Å². The van der Waals surface area contributed by atoms with Gasteiger partial charge in [0.25, 0.3) is 0 Å². The molecule has 122 valence electrons. The van der Waals surface area contributed by atoms with Crippen LogP contribution in [0.15, 0.2) is 9.72 Å². The van der Waals surface area contributed by atoms with Crippen molar-refractivity contribution in [2.75, 3.05) is 13.2 Å². The highest BCUT2D eigenvalue weighted by Crippen LogP contribution is 2.35. The number of rotatable bonds is 4. The van der Waals surface area contributed by atoms with Gasteiger partial charge in [0.05, 0.1) is 12.5 Å². The molecule has 0 radical (unpaired) electrons. The zero-order chi connectivity index (χ0) is 15.4. The first-order chi connectivity index (χ1) is 10.7. The van der Waals surface area contributed by atoms with E-state index in [1.165, 1.54) is 4.34 Å². The summed E-state index contributed by atoms with van der Waals surface area (Å²) in [6.07, 6.45) is 6.47. The molecule has 0 aromatic carbocycles. The summed E-state index contributed by atoms with van der Waals surface area (Å²) in [5.41, 5.74) is 1.11. The summed E-state index contributed by atoms with van der Waals surface area (Å²) in [5, 5.41) is 6.00. The smallest absolute Gasteiger partial charge is 0.225 e. The number of thioether (sulfide) groups is 1. The largest absolute Gasteiger partial charge is 0.381 e. The van der Waals surface area contributed by atoms with Gasteiger partial charge in [0, 0.05) is 29.0 Å². The summed E-state index contributed by atoms with van der Waals surface area (Å²) in [4.78, 5) is 16.8. The Hall–Kier alpha value is -0.590. The third-order valence-electron chi connectivity index (χ3n) is 4.42. The summed E-state index contributed by atoms with van der Waals surface area (Å²) in [6.45, 7) is 3.45. The molecule has 1 atom stereocenters. The molecule has 3 rings (SSSR count). The van der Waals surface area contributed by atoms with Gasteiger partial charge >= 0.3 is 0 Å². The van der Waals surface area contributed by atoms with Crippen LogP contribution in [0.4, 0.5) is 0 Å². The second kappa shape index (κ2) is 7.79. The molecule has 1 aromatic rings. The first kappa shape index (κ1) is 16.3. The number of ether oxygens (including phenoxy) is 1. The third kappa shape index (κ3) is 4.46. The van der Waals surface area contributed by atoms with E-state index < -0.39 is 0 Å². The van der Waals surface area contributed by atoms with Gasteiger partial charge in [-0.15, -0.1) is 11.3 Å². The summed E-state index contributed by atoms with van der Waals surface area (Å²) < 4.78 is 6.59. The van der Waals surface area contributed by atoms with Gasteiger partial charge in [-0.3, -0.25) is 4.79 Å². The fraction of sp³-hybridized carbons (Fsp3) is 0.750. The predicted octanol–water partition coefficient (Wildman–Crippen LogP) is 3.40. The minimum Gasteiger partial charge on any atom is -0.381 e. The quantitative estimate of drug-likeness (QED) is 0.913. The van der Waals surface area contributed by atoms with Crippen LogP contribution in [-0.2, 0) is 9.53 Å². The first-order valence-electron chi connectivity index (χ1n) is 8.17. The first-order valence-corrected chi connectivity index (χ1v) is 9.93. The van der Waals surface area contributed by atoms with Crippen molar-refractivity contribution in [1.29, 1.82) is 0 Å². The summed E-state index contributed by atoms with van der Waals surface area (Å²) in [5.74, 6) is 0.269. The van der Waals surface area contributed by atoms with Gasteiger partial charge in [0.1, 0.15) is 4.34 Å². The maximum Gasteiger partial charge on any atom is 0.225 e. The van der Waals surface area contributed by atoms with E-state index in [0.717, 1.165) is 50.8 Å². The van der Waals surface area contributed by atoms with E-state index in [9.17, 15) is 4.79 Å². The molecule has 4 nitrogen and oxygen atoms in total. The van der Waals surface area contributed by atoms with Crippen LogP contribution in [-0.4, -0.2) is 35.4 Å². The number of hydrogen-bond acceptors (Lipinski definition) is 5. The highest BCUT2D eigenvalue weighted by Gasteiger charge is 2.27. The van der Waals surface area contributed by atoms with Gasteiger partial charge in [-0.1, -0.05) is 11.8 Å². The molecule has 2 aliphatic rings. The van der Waals surface area contributed by atoms with E-state index >= 15 is 0 Å². The minimum atomic E-state index is 0.0687. The number of aromatic nitrogens is 1. The Kier molecular flexibility index (Phi) is 5.77. The molecule has 1 saturated carbocycles. The Morgan fingerprint density at radius 1 is 1.36 bits per heavy atom. The molecule has 1 amide bonds. The lowest BCUT2D eigenvalue weighted by Crippen LogP contribution is -2.43. The zero-order valence-corrected chi connectivity index (χ0v) is 14.7. The Bertz CT molecular complexity index is 492. The molecular formula is C16H24N2O2S2. The van der Waals surface area contributed by atoms with Crippen molar-refractivity contribution in [2.45, 2.75) is 61.1 Å². The maximum atomic E-state index is 12.2. The van der Waals surface area contributed by atoms with Crippen LogP contribution in [0.1, 0.15) is 44.2 Å². The molecule has 0 bridgehead atoms. The summed E-state index contributed by atoms with van der Waals surface area (Å²) in [7, 11) is 0. The van der Waals surface area contributed by atoms with Crippen molar-refractivity contribution in [3.05, 3.63) is 11.1 Å². The Balaban J connectivity index is 1.40. The maximum absolute atomic E-state index is 12.2. The molecule has 1 saturated heterocycles. The average Bonchev–Trinajstić information content (AvgIpc) is 2.95. The molecule has 2 fully saturated rings. The van der Waals surface area contributed by atoms with E-state index in [2.05, 4.69) is 15.7 Å². The number of hydrogen-bond donors (Lipinski definition) is 1. The highest BCUT2D eigenvalue weighted by atomic mass is 32.2. The van der Waals surface area contributed by atoms with Crippen LogP contribution in [0.5, 0.6) is 0 Å². The van der Waals surface area contributed by atoms with Crippen LogP contribution >= 0.6 is 23.1 Å². The molecule has 1 aliphatic heterocycles. The van der Waals surface area contributed by atoms with E-state index in [0.29, 0.717) is 17.9 Å². The molecule has 1 aromatic heterocycles. The van der Waals surface area contributed by atoms with Crippen molar-refractivity contribution in [3.63, 3.8) is 0 Å². The van der Waals surface area contributed by atoms with Crippen LogP contribution in [0, 0.1) is 12.8 Å². The number of aryl methyl sites for hydroxylation is 1. The monoisotopic (exact) mass is 340 g/mol. The molecule has 1 N–H and O–H groups in total. The second-order valence-corrected chi connectivity index (χ2v) is 8.67. The topological polar surface area (TPSA) is 51.2 Å². The van der Waals surface area contributed by atoms with Gasteiger partial charge in [-0.05, 0) is 45.4 Å². The molecular weight excluding hydrogens is 316 g/mol. The van der Waals surface area contributed by atoms with Crippen LogP contribution < -0.4 is 5.32 Å². The molecule has 6 heteroatoms. The Labute approximate surface area is 140 Å². The summed E-state index contributed by atoms with van der Waals surface area (Å²) >= 11 is 3.65. The van der Waals surface area contributed by atoms with Gasteiger partial charge in [-0.2, -0.15) is 0 Å². The minimum absolute atomic E-state index is 0.0687. The van der Waals surface area contributed by atoms with Crippen molar-refractivity contribution >= 4 is 29.0 Å². The second-order valence-electron chi connectivity index (χ2n) is 6.27. The highest BCUT2D eigenvalue weighted by molar-refractivity contribution is 8.01. The van der Waals surface area contributed by atoms with E-state index in [-0.39, 0.29) is 11.8 Å². The van der Waals surface area contributed by atoms with E-state index in [1.54, 1.807) is 11.3 Å². The van der Waals surface area contributed by atoms with Crippen LogP contribution in [0.25, 0.3) is 0 Å². The molecule has 2 heterocycles. The Morgan fingerprint density at radius 3 is 2.82 bits per heavy atom. The third-order valence-corrected chi connectivity index (χ3v) is 6.84. The number of carbonyl (C=O) groups is 1. The fourth-order valence-corrected chi connectivity index (χ4v) is 5.41. The van der Waals surface area contributed by atoms with Gasteiger partial charge in [0.2, 0.25) is 5.91 Å². The van der Waals surface area contributed by atoms with Crippen molar-refractivity contribution in [3.8, 4) is 0 Å². The van der Waals surface area contributed by atoms with Crippen LogP contribution in [0.2, 0.25) is 0 Å². The molecule has 22 heavy (non-hydrogen) atoms. The number of nitrogens with one attached hydrogen (secondary N) is 1. The lowest BCUT2D eigenvalue weighted by molar-refractivity contribution is -0.129. The predicted molar refractivity (Wildman–Crippen MR) is 90.4 cm³/mol. The SMILES string of the molecule is Cc1csc(SC2CCC(NC(=O)C3CCCOC3)CC2)n1. The fourth-order valence-electron chi connectivity index (χ4n) is 3.12. The van der Waals surface area contributed by atoms with Gasteiger partial charge < -0.3 is 10.1 Å². The molecule has 1 unspecified atom stereocenters. The Morgan fingerprint density at radius 2 is 2.18 bits per heavy atom. The van der Waals surface area contributed by atoms with E-state index in [4.69, 9.17) is 4.74 Å². The van der Waals surface area contributed by atoms with Gasteiger partial charge in [-0.25, -0.2) is 4.98 Å². The number of carbonyl (C=O) groups excluding carboxylic acids is 1.